The third kappa shape index (κ3) is 3.09. The minimum atomic E-state index is -0.320. The quantitative estimate of drug-likeness (QED) is 0.918. The Labute approximate surface area is 114 Å². The Morgan fingerprint density at radius 2 is 1.94 bits per heavy atom. The van der Waals surface area contributed by atoms with E-state index < -0.39 is 0 Å². The Bertz CT molecular complexity index is 545. The van der Waals surface area contributed by atoms with Gasteiger partial charge in [0.2, 0.25) is 0 Å². The van der Waals surface area contributed by atoms with E-state index in [1.807, 2.05) is 31.3 Å². The van der Waals surface area contributed by atoms with Crippen molar-refractivity contribution in [3.8, 4) is 11.5 Å². The van der Waals surface area contributed by atoms with E-state index in [0.717, 1.165) is 15.8 Å². The Morgan fingerprint density at radius 1 is 1.17 bits per heavy atom. The summed E-state index contributed by atoms with van der Waals surface area (Å²) in [6, 6.07) is 12.0. The van der Waals surface area contributed by atoms with Crippen LogP contribution in [0, 0.1) is 5.82 Å². The van der Waals surface area contributed by atoms with Gasteiger partial charge in [-0.25, -0.2) is 4.39 Å². The highest BCUT2D eigenvalue weighted by Gasteiger charge is 2.07. The van der Waals surface area contributed by atoms with E-state index in [0.29, 0.717) is 12.3 Å². The van der Waals surface area contributed by atoms with Crippen LogP contribution in [0.15, 0.2) is 46.9 Å². The molecule has 0 fully saturated rings. The SMILES string of the molecule is CNCc1ccccc1Oc1cc(F)ccc1Br. The van der Waals surface area contributed by atoms with Gasteiger partial charge in [-0.15, -0.1) is 0 Å². The Balaban J connectivity index is 2.30. The molecule has 0 atom stereocenters. The monoisotopic (exact) mass is 309 g/mol. The lowest BCUT2D eigenvalue weighted by atomic mass is 10.2. The second kappa shape index (κ2) is 5.98. The van der Waals surface area contributed by atoms with Gasteiger partial charge in [0, 0.05) is 18.2 Å². The minimum Gasteiger partial charge on any atom is -0.456 e. The number of rotatable bonds is 4. The van der Waals surface area contributed by atoms with Crippen molar-refractivity contribution < 1.29 is 9.13 Å². The summed E-state index contributed by atoms with van der Waals surface area (Å²) in [6.45, 7) is 0.698. The lowest BCUT2D eigenvalue weighted by molar-refractivity contribution is 0.466. The normalized spacial score (nSPS) is 10.4. The Morgan fingerprint density at radius 3 is 2.72 bits per heavy atom. The van der Waals surface area contributed by atoms with Crippen LogP contribution >= 0.6 is 15.9 Å². The number of ether oxygens (including phenoxy) is 1. The van der Waals surface area contributed by atoms with E-state index in [2.05, 4.69) is 21.2 Å². The average molecular weight is 310 g/mol. The van der Waals surface area contributed by atoms with Gasteiger partial charge in [0.25, 0.3) is 0 Å². The van der Waals surface area contributed by atoms with Gasteiger partial charge < -0.3 is 10.1 Å². The highest BCUT2D eigenvalue weighted by Crippen LogP contribution is 2.31. The van der Waals surface area contributed by atoms with Gasteiger partial charge in [-0.2, -0.15) is 0 Å². The summed E-state index contributed by atoms with van der Waals surface area (Å²) >= 11 is 3.34. The van der Waals surface area contributed by atoms with Crippen molar-refractivity contribution >= 4 is 15.9 Å². The van der Waals surface area contributed by atoms with E-state index in [9.17, 15) is 4.39 Å². The third-order valence-corrected chi connectivity index (χ3v) is 3.11. The maximum absolute atomic E-state index is 13.2. The number of para-hydroxylation sites is 1. The van der Waals surface area contributed by atoms with E-state index in [1.165, 1.54) is 12.1 Å². The van der Waals surface area contributed by atoms with Crippen molar-refractivity contribution in [2.45, 2.75) is 6.54 Å². The predicted molar refractivity (Wildman–Crippen MR) is 73.4 cm³/mol. The van der Waals surface area contributed by atoms with Crippen LogP contribution in [-0.2, 0) is 6.54 Å². The zero-order valence-corrected chi connectivity index (χ0v) is 11.5. The Kier molecular flexibility index (Phi) is 4.33. The van der Waals surface area contributed by atoms with Gasteiger partial charge >= 0.3 is 0 Å². The predicted octanol–water partition coefficient (Wildman–Crippen LogP) is 4.10. The summed E-state index contributed by atoms with van der Waals surface area (Å²) in [6.07, 6.45) is 0. The van der Waals surface area contributed by atoms with Crippen molar-refractivity contribution in [2.24, 2.45) is 0 Å². The molecule has 0 bridgehead atoms. The Hall–Kier alpha value is -1.39. The number of benzene rings is 2. The standard InChI is InChI=1S/C14H13BrFNO/c1-17-9-10-4-2-3-5-13(10)18-14-8-11(16)6-7-12(14)15/h2-8,17H,9H2,1H3. The summed E-state index contributed by atoms with van der Waals surface area (Å²) in [5, 5.41) is 3.07. The summed E-state index contributed by atoms with van der Waals surface area (Å²) in [4.78, 5) is 0. The second-order valence-corrected chi connectivity index (χ2v) is 4.67. The fourth-order valence-electron chi connectivity index (χ4n) is 1.61. The molecule has 0 aliphatic heterocycles. The maximum Gasteiger partial charge on any atom is 0.144 e. The molecule has 0 radical (unpaired) electrons. The third-order valence-electron chi connectivity index (χ3n) is 2.45. The van der Waals surface area contributed by atoms with Crippen LogP contribution in [0.1, 0.15) is 5.56 Å². The first kappa shape index (κ1) is 13.1. The van der Waals surface area contributed by atoms with Crippen LogP contribution in [0.25, 0.3) is 0 Å². The molecular weight excluding hydrogens is 297 g/mol. The zero-order valence-electron chi connectivity index (χ0n) is 9.91. The first-order valence-electron chi connectivity index (χ1n) is 5.56. The molecule has 2 rings (SSSR count). The van der Waals surface area contributed by atoms with Crippen molar-refractivity contribution in [1.82, 2.24) is 5.32 Å². The van der Waals surface area contributed by atoms with Gasteiger partial charge in [0.1, 0.15) is 17.3 Å². The van der Waals surface area contributed by atoms with Crippen molar-refractivity contribution in [1.29, 1.82) is 0 Å². The minimum absolute atomic E-state index is 0.320. The molecule has 2 aromatic carbocycles. The van der Waals surface area contributed by atoms with Gasteiger partial charge in [-0.05, 0) is 41.2 Å². The highest BCUT2D eigenvalue weighted by molar-refractivity contribution is 9.10. The molecule has 0 spiro atoms. The molecule has 1 N–H and O–H groups in total. The molecule has 94 valence electrons. The molecule has 0 aliphatic carbocycles. The van der Waals surface area contributed by atoms with Crippen LogP contribution in [0.4, 0.5) is 4.39 Å². The summed E-state index contributed by atoms with van der Waals surface area (Å²) in [5.41, 5.74) is 1.02. The molecule has 0 aromatic heterocycles. The number of halogens is 2. The van der Waals surface area contributed by atoms with E-state index in [4.69, 9.17) is 4.74 Å². The number of hydrogen-bond donors (Lipinski definition) is 1. The van der Waals surface area contributed by atoms with Crippen molar-refractivity contribution in [3.05, 3.63) is 58.3 Å². The molecule has 0 heterocycles. The van der Waals surface area contributed by atoms with Crippen molar-refractivity contribution in [3.63, 3.8) is 0 Å². The summed E-state index contributed by atoms with van der Waals surface area (Å²) in [5.74, 6) is 0.871. The van der Waals surface area contributed by atoms with Gasteiger partial charge in [-0.1, -0.05) is 18.2 Å². The fourth-order valence-corrected chi connectivity index (χ4v) is 1.94. The molecule has 0 aliphatic rings. The molecule has 2 aromatic rings. The average Bonchev–Trinajstić information content (AvgIpc) is 2.36. The lowest BCUT2D eigenvalue weighted by Crippen LogP contribution is -2.06. The summed E-state index contributed by atoms with van der Waals surface area (Å²) < 4.78 is 19.7. The maximum atomic E-state index is 13.2. The van der Waals surface area contributed by atoms with Gasteiger partial charge in [-0.3, -0.25) is 0 Å². The molecule has 0 saturated carbocycles. The van der Waals surface area contributed by atoms with Crippen LogP contribution in [0.5, 0.6) is 11.5 Å². The molecule has 0 unspecified atom stereocenters. The first-order chi connectivity index (χ1) is 8.70. The van der Waals surface area contributed by atoms with E-state index in [1.54, 1.807) is 6.07 Å². The molecule has 0 amide bonds. The molecular formula is C14H13BrFNO. The van der Waals surface area contributed by atoms with Crippen LogP contribution in [-0.4, -0.2) is 7.05 Å². The first-order valence-corrected chi connectivity index (χ1v) is 6.35. The zero-order chi connectivity index (χ0) is 13.0. The van der Waals surface area contributed by atoms with E-state index in [-0.39, 0.29) is 5.82 Å². The second-order valence-electron chi connectivity index (χ2n) is 3.81. The topological polar surface area (TPSA) is 21.3 Å². The van der Waals surface area contributed by atoms with Crippen LogP contribution in [0.2, 0.25) is 0 Å². The molecule has 18 heavy (non-hydrogen) atoms. The smallest absolute Gasteiger partial charge is 0.144 e. The van der Waals surface area contributed by atoms with Crippen molar-refractivity contribution in [2.75, 3.05) is 7.05 Å². The highest BCUT2D eigenvalue weighted by atomic mass is 79.9. The van der Waals surface area contributed by atoms with Crippen LogP contribution in [0.3, 0.4) is 0 Å². The van der Waals surface area contributed by atoms with Gasteiger partial charge in [0.05, 0.1) is 4.47 Å². The number of nitrogens with one attached hydrogen (secondary N) is 1. The number of hydrogen-bond acceptors (Lipinski definition) is 2. The molecule has 2 nitrogen and oxygen atoms in total. The lowest BCUT2D eigenvalue weighted by Gasteiger charge is -2.12. The van der Waals surface area contributed by atoms with E-state index >= 15 is 0 Å². The van der Waals surface area contributed by atoms with Crippen LogP contribution < -0.4 is 10.1 Å². The summed E-state index contributed by atoms with van der Waals surface area (Å²) in [7, 11) is 1.87. The molecule has 0 saturated heterocycles. The molecule has 4 heteroatoms. The largest absolute Gasteiger partial charge is 0.456 e. The fraction of sp³-hybridized carbons (Fsp3) is 0.143. The van der Waals surface area contributed by atoms with Gasteiger partial charge in [0.15, 0.2) is 0 Å².